The molecule has 0 saturated carbocycles. The Balaban J connectivity index is 1.94. The van der Waals surface area contributed by atoms with Crippen LogP contribution in [-0.2, 0) is 15.0 Å². The summed E-state index contributed by atoms with van der Waals surface area (Å²) in [4.78, 5) is 16.8. The van der Waals surface area contributed by atoms with E-state index in [0.29, 0.717) is 26.2 Å². The first-order valence-electron chi connectivity index (χ1n) is 9.30. The highest BCUT2D eigenvalue weighted by Gasteiger charge is 2.51. The van der Waals surface area contributed by atoms with Gasteiger partial charge in [-0.1, -0.05) is 24.3 Å². The Morgan fingerprint density at radius 1 is 1.11 bits per heavy atom. The summed E-state index contributed by atoms with van der Waals surface area (Å²) >= 11 is 0. The summed E-state index contributed by atoms with van der Waals surface area (Å²) in [6.07, 6.45) is 0. The predicted octanol–water partition coefficient (Wildman–Crippen LogP) is 0.794. The van der Waals surface area contributed by atoms with Gasteiger partial charge in [0.1, 0.15) is 0 Å². The van der Waals surface area contributed by atoms with Gasteiger partial charge in [-0.3, -0.25) is 4.79 Å². The van der Waals surface area contributed by atoms with Gasteiger partial charge in [0, 0.05) is 39.6 Å². The van der Waals surface area contributed by atoms with Crippen LogP contribution in [0.3, 0.4) is 0 Å². The number of benzene rings is 1. The van der Waals surface area contributed by atoms with Crippen molar-refractivity contribution in [3.8, 4) is 0 Å². The second-order valence-corrected chi connectivity index (χ2v) is 10.3. The molecule has 1 aromatic rings. The molecule has 2 heterocycles. The minimum absolute atomic E-state index is 0.0778. The molecule has 0 aromatic heterocycles. The van der Waals surface area contributed by atoms with E-state index in [1.165, 1.54) is 4.31 Å². The van der Waals surface area contributed by atoms with Crippen molar-refractivity contribution >= 4 is 16.1 Å². The summed E-state index contributed by atoms with van der Waals surface area (Å²) in [6.45, 7) is 3.95. The van der Waals surface area contributed by atoms with E-state index >= 15 is 0 Å². The fourth-order valence-corrected chi connectivity index (χ4v) is 5.56. The maximum absolute atomic E-state index is 12.9. The average molecular weight is 395 g/mol. The van der Waals surface area contributed by atoms with Crippen LogP contribution in [0.15, 0.2) is 24.3 Å². The van der Waals surface area contributed by atoms with Crippen molar-refractivity contribution in [3.63, 3.8) is 0 Å². The van der Waals surface area contributed by atoms with Gasteiger partial charge in [-0.15, -0.1) is 0 Å². The van der Waals surface area contributed by atoms with Crippen LogP contribution >= 0.6 is 0 Å². The van der Waals surface area contributed by atoms with Gasteiger partial charge in [0.05, 0.1) is 12.6 Å². The van der Waals surface area contributed by atoms with E-state index in [1.807, 2.05) is 36.0 Å². The molecule has 0 unspecified atom stereocenters. The van der Waals surface area contributed by atoms with Gasteiger partial charge in [-0.25, -0.2) is 0 Å². The summed E-state index contributed by atoms with van der Waals surface area (Å²) in [7, 11) is 3.48. The smallest absolute Gasteiger partial charge is 0.281 e. The second-order valence-electron chi connectivity index (χ2n) is 8.12. The highest BCUT2D eigenvalue weighted by atomic mass is 32.2. The number of hydrogen-bond acceptors (Lipinski definition) is 4. The van der Waals surface area contributed by atoms with Crippen molar-refractivity contribution in [1.82, 2.24) is 18.4 Å². The zero-order valence-corrected chi connectivity index (χ0v) is 17.6. The predicted molar refractivity (Wildman–Crippen MR) is 105 cm³/mol. The fourth-order valence-electron chi connectivity index (χ4n) is 4.36. The van der Waals surface area contributed by atoms with Crippen molar-refractivity contribution in [2.45, 2.75) is 13.0 Å². The van der Waals surface area contributed by atoms with Gasteiger partial charge in [0.15, 0.2) is 0 Å². The first-order chi connectivity index (χ1) is 12.6. The number of fused-ring (bicyclic) bond motifs is 1. The first-order valence-corrected chi connectivity index (χ1v) is 10.7. The number of likely N-dealkylation sites (N-methyl/N-ethyl adjacent to an activating group) is 1. The van der Waals surface area contributed by atoms with Crippen LogP contribution in [0.25, 0.3) is 0 Å². The summed E-state index contributed by atoms with van der Waals surface area (Å²) in [5.74, 6) is 0.382. The van der Waals surface area contributed by atoms with Crippen molar-refractivity contribution in [2.75, 3.05) is 54.4 Å². The van der Waals surface area contributed by atoms with Crippen LogP contribution in [0.2, 0.25) is 0 Å². The summed E-state index contributed by atoms with van der Waals surface area (Å²) < 4.78 is 28.0. The standard InChI is InChI=1S/C19H30N4O3S/c1-14-8-6-7-9-16(14)19-17-12-22(27(25,26)21(4)5)10-15(17)11-23(19)18(24)13-20(2)3/h6-9,15,17,19H,10-13H2,1-5H3/t15-,17-,19+/m1/s1. The van der Waals surface area contributed by atoms with E-state index in [9.17, 15) is 13.2 Å². The Morgan fingerprint density at radius 2 is 1.78 bits per heavy atom. The lowest BCUT2D eigenvalue weighted by molar-refractivity contribution is -0.133. The molecule has 1 aromatic carbocycles. The van der Waals surface area contributed by atoms with Crippen LogP contribution in [0.1, 0.15) is 17.2 Å². The molecular formula is C19H30N4O3S. The number of amides is 1. The number of nitrogens with zero attached hydrogens (tertiary/aromatic N) is 4. The molecule has 0 radical (unpaired) electrons. The minimum atomic E-state index is -3.44. The summed E-state index contributed by atoms with van der Waals surface area (Å²) in [5.41, 5.74) is 2.26. The maximum Gasteiger partial charge on any atom is 0.281 e. The molecule has 1 amide bonds. The number of hydrogen-bond donors (Lipinski definition) is 0. The number of carbonyl (C=O) groups excluding carboxylic acids is 1. The zero-order valence-electron chi connectivity index (χ0n) is 16.8. The molecule has 2 saturated heterocycles. The zero-order chi connectivity index (χ0) is 19.9. The molecule has 2 aliphatic heterocycles. The Bertz CT molecular complexity index is 809. The van der Waals surface area contributed by atoms with Gasteiger partial charge < -0.3 is 9.80 Å². The molecule has 0 spiro atoms. The molecule has 150 valence electrons. The quantitative estimate of drug-likeness (QED) is 0.741. The van der Waals surface area contributed by atoms with Crippen LogP contribution < -0.4 is 0 Å². The van der Waals surface area contributed by atoms with Crippen molar-refractivity contribution in [1.29, 1.82) is 0 Å². The Labute approximate surface area is 162 Å². The number of rotatable bonds is 5. The monoisotopic (exact) mass is 394 g/mol. The van der Waals surface area contributed by atoms with Gasteiger partial charge in [0.2, 0.25) is 5.91 Å². The number of likely N-dealkylation sites (tertiary alicyclic amines) is 1. The molecule has 7 nitrogen and oxygen atoms in total. The lowest BCUT2D eigenvalue weighted by Crippen LogP contribution is -2.43. The second kappa shape index (κ2) is 7.50. The number of aryl methyl sites for hydroxylation is 1. The van der Waals surface area contributed by atoms with Crippen molar-refractivity contribution < 1.29 is 13.2 Å². The molecule has 2 fully saturated rings. The molecule has 3 rings (SSSR count). The third kappa shape index (κ3) is 3.76. The van der Waals surface area contributed by atoms with Gasteiger partial charge in [0.25, 0.3) is 10.2 Å². The molecule has 3 atom stereocenters. The van der Waals surface area contributed by atoms with E-state index in [-0.39, 0.29) is 23.8 Å². The Hall–Kier alpha value is -1.48. The van der Waals surface area contributed by atoms with Crippen LogP contribution in [0.4, 0.5) is 0 Å². The first kappa shape index (κ1) is 20.3. The van der Waals surface area contributed by atoms with Gasteiger partial charge >= 0.3 is 0 Å². The molecule has 2 aliphatic rings. The summed E-state index contributed by atoms with van der Waals surface area (Å²) in [6, 6.07) is 8.04. The number of carbonyl (C=O) groups is 1. The van der Waals surface area contributed by atoms with Crippen LogP contribution in [0, 0.1) is 18.8 Å². The topological polar surface area (TPSA) is 64.2 Å². The Morgan fingerprint density at radius 3 is 2.37 bits per heavy atom. The van der Waals surface area contributed by atoms with Crippen molar-refractivity contribution in [3.05, 3.63) is 35.4 Å². The van der Waals surface area contributed by atoms with E-state index in [0.717, 1.165) is 11.1 Å². The maximum atomic E-state index is 12.9. The lowest BCUT2D eigenvalue weighted by atomic mass is 9.87. The normalized spacial score (nSPS) is 26.2. The van der Waals surface area contributed by atoms with Gasteiger partial charge in [-0.05, 0) is 38.1 Å². The van der Waals surface area contributed by atoms with Crippen LogP contribution in [0.5, 0.6) is 0 Å². The Kier molecular flexibility index (Phi) is 5.63. The molecular weight excluding hydrogens is 364 g/mol. The average Bonchev–Trinajstić information content (AvgIpc) is 3.13. The largest absolute Gasteiger partial charge is 0.334 e. The highest BCUT2D eigenvalue weighted by Crippen LogP contribution is 2.46. The SMILES string of the molecule is Cc1ccccc1[C@H]1[C@@H]2CN(S(=O)(=O)N(C)C)C[C@@H]2CN1C(=O)CN(C)C. The molecule has 0 bridgehead atoms. The summed E-state index contributed by atoms with van der Waals surface area (Å²) in [5, 5.41) is 0. The molecule has 27 heavy (non-hydrogen) atoms. The lowest BCUT2D eigenvalue weighted by Gasteiger charge is -2.32. The van der Waals surface area contributed by atoms with E-state index < -0.39 is 10.2 Å². The van der Waals surface area contributed by atoms with E-state index in [1.54, 1.807) is 18.4 Å². The highest BCUT2D eigenvalue weighted by molar-refractivity contribution is 7.86. The van der Waals surface area contributed by atoms with E-state index in [4.69, 9.17) is 0 Å². The van der Waals surface area contributed by atoms with Gasteiger partial charge in [-0.2, -0.15) is 17.0 Å². The third-order valence-corrected chi connectivity index (χ3v) is 7.57. The molecule has 0 N–H and O–H groups in total. The van der Waals surface area contributed by atoms with E-state index in [2.05, 4.69) is 19.1 Å². The minimum Gasteiger partial charge on any atom is -0.334 e. The van der Waals surface area contributed by atoms with Crippen molar-refractivity contribution in [2.24, 2.45) is 11.8 Å². The third-order valence-electron chi connectivity index (χ3n) is 5.70. The van der Waals surface area contributed by atoms with Crippen LogP contribution in [-0.4, -0.2) is 87.1 Å². The molecule has 8 heteroatoms. The fraction of sp³-hybridized carbons (Fsp3) is 0.632. The molecule has 0 aliphatic carbocycles.